The number of nitrogens with zero attached hydrogens (tertiary/aromatic N) is 4. The van der Waals surface area contributed by atoms with Crippen LogP contribution in [0.1, 0.15) is 50.6 Å². The minimum absolute atomic E-state index is 0.0450. The van der Waals surface area contributed by atoms with Crippen molar-refractivity contribution in [1.29, 1.82) is 0 Å². The molecule has 2 aromatic rings. The summed E-state index contributed by atoms with van der Waals surface area (Å²) in [7, 11) is -3.63. The molecule has 0 bridgehead atoms. The van der Waals surface area contributed by atoms with Crippen LogP contribution in [0.25, 0.3) is 0 Å². The molecule has 2 atom stereocenters. The van der Waals surface area contributed by atoms with Gasteiger partial charge in [0.1, 0.15) is 11.9 Å². The van der Waals surface area contributed by atoms with Gasteiger partial charge >= 0.3 is 0 Å². The second kappa shape index (κ2) is 8.59. The van der Waals surface area contributed by atoms with Crippen LogP contribution in [0.2, 0.25) is 0 Å². The van der Waals surface area contributed by atoms with Crippen molar-refractivity contribution >= 4 is 21.8 Å². The van der Waals surface area contributed by atoms with Gasteiger partial charge in [0.25, 0.3) is 10.0 Å². The van der Waals surface area contributed by atoms with E-state index >= 15 is 0 Å². The molecule has 1 aromatic carbocycles. The van der Waals surface area contributed by atoms with Crippen LogP contribution in [-0.4, -0.2) is 54.0 Å². The highest BCUT2D eigenvalue weighted by molar-refractivity contribution is 7.90. The number of sulfonamides is 1. The van der Waals surface area contributed by atoms with Crippen LogP contribution in [0.3, 0.4) is 0 Å². The van der Waals surface area contributed by atoms with Crippen molar-refractivity contribution in [1.82, 2.24) is 19.4 Å². The van der Waals surface area contributed by atoms with Crippen molar-refractivity contribution in [3.8, 4) is 0 Å². The van der Waals surface area contributed by atoms with Gasteiger partial charge in [0.15, 0.2) is 0 Å². The van der Waals surface area contributed by atoms with E-state index in [4.69, 9.17) is 0 Å². The summed E-state index contributed by atoms with van der Waals surface area (Å²) in [5.74, 6) is 0.220. The van der Waals surface area contributed by atoms with E-state index in [9.17, 15) is 13.2 Å². The largest absolute Gasteiger partial charge is 0.339 e. The van der Waals surface area contributed by atoms with E-state index in [1.807, 2.05) is 21.8 Å². The van der Waals surface area contributed by atoms with Crippen LogP contribution in [-0.2, 0) is 14.8 Å². The summed E-state index contributed by atoms with van der Waals surface area (Å²) in [6, 6.07) is 8.18. The SMILES string of the molecule is CCCCC(N=C1NS(=O)(=O)c2ccccc21)C(=O)N1CCCC(n2cccn2)C1. The zero-order chi connectivity index (χ0) is 21.1. The zero-order valence-electron chi connectivity index (χ0n) is 17.1. The molecule has 1 fully saturated rings. The summed E-state index contributed by atoms with van der Waals surface area (Å²) in [5, 5.41) is 4.33. The van der Waals surface area contributed by atoms with Crippen molar-refractivity contribution in [3.05, 3.63) is 48.3 Å². The molecule has 2 unspecified atom stereocenters. The molecule has 1 amide bonds. The molecule has 1 aromatic heterocycles. The predicted octanol–water partition coefficient (Wildman–Crippen LogP) is 2.34. The van der Waals surface area contributed by atoms with Crippen molar-refractivity contribution < 1.29 is 13.2 Å². The quantitative estimate of drug-likeness (QED) is 0.762. The second-order valence-electron chi connectivity index (χ2n) is 7.80. The van der Waals surface area contributed by atoms with E-state index in [1.165, 1.54) is 0 Å². The van der Waals surface area contributed by atoms with Gasteiger partial charge in [-0.2, -0.15) is 5.10 Å². The van der Waals surface area contributed by atoms with E-state index in [1.54, 1.807) is 30.5 Å². The lowest BCUT2D eigenvalue weighted by Gasteiger charge is -2.34. The molecule has 30 heavy (non-hydrogen) atoms. The monoisotopic (exact) mass is 429 g/mol. The van der Waals surface area contributed by atoms with Crippen LogP contribution < -0.4 is 4.72 Å². The summed E-state index contributed by atoms with van der Waals surface area (Å²) in [6.45, 7) is 3.35. The van der Waals surface area contributed by atoms with E-state index < -0.39 is 16.1 Å². The average molecular weight is 430 g/mol. The Morgan fingerprint density at radius 2 is 2.17 bits per heavy atom. The number of fused-ring (bicyclic) bond motifs is 1. The van der Waals surface area contributed by atoms with Gasteiger partial charge in [0.05, 0.1) is 10.9 Å². The Balaban J connectivity index is 1.58. The fourth-order valence-electron chi connectivity index (χ4n) is 4.10. The minimum Gasteiger partial charge on any atom is -0.339 e. The first-order chi connectivity index (χ1) is 14.5. The highest BCUT2D eigenvalue weighted by atomic mass is 32.2. The summed E-state index contributed by atoms with van der Waals surface area (Å²) in [4.78, 5) is 20.1. The van der Waals surface area contributed by atoms with Crippen molar-refractivity contribution in [3.63, 3.8) is 0 Å². The number of amides is 1. The maximum atomic E-state index is 13.4. The predicted molar refractivity (Wildman–Crippen MR) is 114 cm³/mol. The number of unbranched alkanes of at least 4 members (excludes halogenated alkanes) is 1. The number of rotatable bonds is 6. The first-order valence-electron chi connectivity index (χ1n) is 10.5. The summed E-state index contributed by atoms with van der Waals surface area (Å²) in [5.41, 5.74) is 0.528. The molecule has 4 rings (SSSR count). The van der Waals surface area contributed by atoms with Crippen molar-refractivity contribution in [2.45, 2.75) is 56.0 Å². The molecule has 1 saturated heterocycles. The molecule has 0 radical (unpaired) electrons. The molecule has 3 heterocycles. The Morgan fingerprint density at radius 3 is 2.93 bits per heavy atom. The third kappa shape index (κ3) is 4.12. The van der Waals surface area contributed by atoms with Crippen LogP contribution >= 0.6 is 0 Å². The number of nitrogens with one attached hydrogen (secondary N) is 1. The van der Waals surface area contributed by atoms with Crippen LogP contribution in [0.15, 0.2) is 52.6 Å². The number of hydrogen-bond acceptors (Lipinski definition) is 5. The Bertz CT molecular complexity index is 1030. The van der Waals surface area contributed by atoms with Crippen molar-refractivity contribution in [2.75, 3.05) is 13.1 Å². The van der Waals surface area contributed by atoms with Gasteiger partial charge in [0, 0.05) is 31.0 Å². The number of piperidine rings is 1. The smallest absolute Gasteiger partial charge is 0.263 e. The third-order valence-electron chi connectivity index (χ3n) is 5.67. The van der Waals surface area contributed by atoms with Gasteiger partial charge in [-0.3, -0.25) is 19.2 Å². The Labute approximate surface area is 177 Å². The number of likely N-dealkylation sites (tertiary alicyclic amines) is 1. The summed E-state index contributed by atoms with van der Waals surface area (Å²) < 4.78 is 29.3. The Kier molecular flexibility index (Phi) is 5.90. The van der Waals surface area contributed by atoms with Crippen LogP contribution in [0, 0.1) is 0 Å². The zero-order valence-corrected chi connectivity index (χ0v) is 17.9. The molecule has 0 aliphatic carbocycles. The minimum atomic E-state index is -3.63. The molecule has 2 aliphatic rings. The molecular weight excluding hydrogens is 402 g/mol. The van der Waals surface area contributed by atoms with Gasteiger partial charge in [-0.1, -0.05) is 31.9 Å². The fraction of sp³-hybridized carbons (Fsp3) is 0.476. The standard InChI is InChI=1S/C21H27N5O3S/c1-2-3-10-18(23-20-17-9-4-5-11-19(17)30(28,29)24-20)21(27)25-13-6-8-16(15-25)26-14-7-12-22-26/h4-5,7,9,11-12,14,16,18H,2-3,6,8,10,13,15H2,1H3,(H,23,24). The topological polar surface area (TPSA) is 96.7 Å². The molecule has 1 N–H and O–H groups in total. The van der Waals surface area contributed by atoms with Gasteiger partial charge in [0.2, 0.25) is 5.91 Å². The maximum absolute atomic E-state index is 13.4. The maximum Gasteiger partial charge on any atom is 0.263 e. The summed E-state index contributed by atoms with van der Waals surface area (Å²) >= 11 is 0. The molecule has 9 heteroatoms. The van der Waals surface area contributed by atoms with E-state index in [0.717, 1.165) is 25.7 Å². The van der Waals surface area contributed by atoms with Crippen LogP contribution in [0.4, 0.5) is 0 Å². The molecule has 8 nitrogen and oxygen atoms in total. The van der Waals surface area contributed by atoms with Gasteiger partial charge in [-0.15, -0.1) is 0 Å². The highest BCUT2D eigenvalue weighted by Gasteiger charge is 2.34. The fourth-order valence-corrected chi connectivity index (χ4v) is 5.34. The Morgan fingerprint density at radius 1 is 1.33 bits per heavy atom. The number of carbonyl (C=O) groups excluding carboxylic acids is 1. The lowest BCUT2D eigenvalue weighted by atomic mass is 10.0. The molecular formula is C21H27N5O3S. The highest BCUT2D eigenvalue weighted by Crippen LogP contribution is 2.25. The molecule has 160 valence electrons. The number of aliphatic imine (C=N–C) groups is 1. The third-order valence-corrected chi connectivity index (χ3v) is 7.07. The number of amidine groups is 1. The lowest BCUT2D eigenvalue weighted by Crippen LogP contribution is -2.45. The first kappa shape index (κ1) is 20.6. The number of carbonyl (C=O) groups is 1. The Hall–Kier alpha value is -2.68. The summed E-state index contributed by atoms with van der Waals surface area (Å²) in [6.07, 6.45) is 7.93. The van der Waals surface area contributed by atoms with E-state index in [-0.39, 0.29) is 22.7 Å². The van der Waals surface area contributed by atoms with E-state index in [2.05, 4.69) is 21.7 Å². The molecule has 0 saturated carbocycles. The average Bonchev–Trinajstić information content (AvgIpc) is 3.38. The molecule has 0 spiro atoms. The first-order valence-corrected chi connectivity index (χ1v) is 12.0. The number of benzene rings is 1. The molecule has 2 aliphatic heterocycles. The normalized spacial score (nSPS) is 22.5. The van der Waals surface area contributed by atoms with Crippen LogP contribution in [0.5, 0.6) is 0 Å². The second-order valence-corrected chi connectivity index (χ2v) is 9.45. The van der Waals surface area contributed by atoms with Gasteiger partial charge in [-0.25, -0.2) is 8.42 Å². The lowest BCUT2D eigenvalue weighted by molar-refractivity contribution is -0.134. The van der Waals surface area contributed by atoms with E-state index in [0.29, 0.717) is 25.1 Å². The van der Waals surface area contributed by atoms with Crippen molar-refractivity contribution in [2.24, 2.45) is 4.99 Å². The van der Waals surface area contributed by atoms with Gasteiger partial charge < -0.3 is 4.90 Å². The number of hydrogen-bond donors (Lipinski definition) is 1. The van der Waals surface area contributed by atoms with Gasteiger partial charge in [-0.05, 0) is 37.5 Å². The number of aromatic nitrogens is 2.